The average molecular weight is 539 g/mol. The van der Waals surface area contributed by atoms with Gasteiger partial charge in [-0.25, -0.2) is 13.9 Å². The Kier molecular flexibility index (Phi) is 7.31. The van der Waals surface area contributed by atoms with Crippen molar-refractivity contribution < 1.29 is 18.7 Å². The minimum atomic E-state index is -0.378. The molecule has 2 saturated heterocycles. The summed E-state index contributed by atoms with van der Waals surface area (Å²) in [5, 5.41) is 4.61. The highest BCUT2D eigenvalue weighted by molar-refractivity contribution is 5.95. The molecule has 6 rings (SSSR count). The van der Waals surface area contributed by atoms with E-state index in [1.807, 2.05) is 41.3 Å². The molecule has 204 valence electrons. The molecule has 1 aromatic heterocycles. The number of ether oxygens (including phenoxy) is 1. The first-order chi connectivity index (χ1) is 19.6. The quantitative estimate of drug-likeness (QED) is 0.312. The Morgan fingerprint density at radius 3 is 2.10 bits per heavy atom. The molecule has 4 aromatic rings. The number of amides is 2. The molecule has 7 nitrogen and oxygen atoms in total. The number of aromatic nitrogens is 2. The summed E-state index contributed by atoms with van der Waals surface area (Å²) in [6, 6.07) is 25.5. The number of para-hydroxylation sites is 1. The van der Waals surface area contributed by atoms with E-state index in [-0.39, 0.29) is 23.7 Å². The molecule has 1 unspecified atom stereocenters. The van der Waals surface area contributed by atoms with Gasteiger partial charge in [0.25, 0.3) is 5.91 Å². The number of carbonyl (C=O) groups is 2. The number of piperidine rings is 1. The molecule has 0 radical (unpaired) electrons. The maximum Gasteiger partial charge on any atom is 0.415 e. The van der Waals surface area contributed by atoms with E-state index < -0.39 is 0 Å². The molecule has 2 fully saturated rings. The summed E-state index contributed by atoms with van der Waals surface area (Å²) in [5.41, 5.74) is 3.33. The van der Waals surface area contributed by atoms with Gasteiger partial charge in [-0.15, -0.1) is 0 Å². The monoisotopic (exact) mass is 538 g/mol. The maximum atomic E-state index is 13.9. The number of benzene rings is 3. The van der Waals surface area contributed by atoms with Gasteiger partial charge in [-0.1, -0.05) is 48.5 Å². The lowest BCUT2D eigenvalue weighted by atomic mass is 9.90. The Hall–Kier alpha value is -4.46. The first kappa shape index (κ1) is 25.8. The molecule has 8 heteroatoms. The minimum absolute atomic E-state index is 0.000184. The molecule has 2 aliphatic heterocycles. The SMILES string of the molecule is O=C(Oc1ccccc1)N1CCC(c2c(C(=O)N3CCC(c4ccccc4)C3)cnn2-c2ccc(F)cc2)CC1. The van der Waals surface area contributed by atoms with Crippen LogP contribution < -0.4 is 4.74 Å². The van der Waals surface area contributed by atoms with E-state index in [0.29, 0.717) is 61.9 Å². The van der Waals surface area contributed by atoms with Crippen LogP contribution in [0.4, 0.5) is 9.18 Å². The van der Waals surface area contributed by atoms with E-state index in [2.05, 4.69) is 17.2 Å². The Balaban J connectivity index is 1.23. The molecule has 2 aliphatic rings. The van der Waals surface area contributed by atoms with Gasteiger partial charge in [-0.3, -0.25) is 4.79 Å². The molecule has 40 heavy (non-hydrogen) atoms. The first-order valence-electron chi connectivity index (χ1n) is 13.8. The van der Waals surface area contributed by atoms with Crippen molar-refractivity contribution in [3.05, 3.63) is 114 Å². The molecule has 2 amide bonds. The zero-order chi connectivity index (χ0) is 27.5. The molecule has 0 bridgehead atoms. The topological polar surface area (TPSA) is 67.7 Å². The smallest absolute Gasteiger partial charge is 0.410 e. The molecule has 0 spiro atoms. The summed E-state index contributed by atoms with van der Waals surface area (Å²) in [5.74, 6) is 0.450. The number of halogens is 1. The highest BCUT2D eigenvalue weighted by Gasteiger charge is 2.34. The number of carbonyl (C=O) groups excluding carboxylic acids is 2. The zero-order valence-corrected chi connectivity index (χ0v) is 22.2. The van der Waals surface area contributed by atoms with Gasteiger partial charge < -0.3 is 14.5 Å². The Morgan fingerprint density at radius 2 is 1.40 bits per heavy atom. The molecular weight excluding hydrogens is 507 g/mol. The van der Waals surface area contributed by atoms with E-state index in [0.717, 1.165) is 12.1 Å². The first-order valence-corrected chi connectivity index (χ1v) is 13.8. The molecule has 0 saturated carbocycles. The highest BCUT2D eigenvalue weighted by Crippen LogP contribution is 2.35. The van der Waals surface area contributed by atoms with Crippen molar-refractivity contribution in [2.75, 3.05) is 26.2 Å². The van der Waals surface area contributed by atoms with Crippen molar-refractivity contribution in [3.63, 3.8) is 0 Å². The van der Waals surface area contributed by atoms with Crippen molar-refractivity contribution in [2.45, 2.75) is 31.1 Å². The van der Waals surface area contributed by atoms with Crippen molar-refractivity contribution in [3.8, 4) is 11.4 Å². The van der Waals surface area contributed by atoms with Crippen LogP contribution in [0, 0.1) is 5.82 Å². The molecule has 0 aliphatic carbocycles. The number of rotatable bonds is 5. The van der Waals surface area contributed by atoms with Crippen LogP contribution in [-0.4, -0.2) is 57.8 Å². The van der Waals surface area contributed by atoms with Crippen molar-refractivity contribution in [1.82, 2.24) is 19.6 Å². The van der Waals surface area contributed by atoms with Crippen LogP contribution in [0.25, 0.3) is 5.69 Å². The molecular formula is C32H31FN4O3. The Bertz CT molecular complexity index is 1470. The number of nitrogens with zero attached hydrogens (tertiary/aromatic N) is 4. The van der Waals surface area contributed by atoms with E-state index in [4.69, 9.17) is 4.74 Å². The number of hydrogen-bond donors (Lipinski definition) is 0. The second-order valence-electron chi connectivity index (χ2n) is 10.4. The van der Waals surface area contributed by atoms with Crippen molar-refractivity contribution >= 4 is 12.0 Å². The summed E-state index contributed by atoms with van der Waals surface area (Å²) in [4.78, 5) is 30.3. The van der Waals surface area contributed by atoms with Gasteiger partial charge in [0.2, 0.25) is 0 Å². The molecule has 0 N–H and O–H groups in total. The standard InChI is InChI=1S/C32H31FN4O3/c33-26-11-13-27(14-12-26)37-30(24-15-18-35(19-16-24)32(39)40-28-9-5-2-6-10-28)29(21-34-37)31(38)36-20-17-25(22-36)23-7-3-1-4-8-23/h1-14,21,24-25H,15-20,22H2. The van der Waals surface area contributed by atoms with Crippen LogP contribution in [0.1, 0.15) is 52.7 Å². The van der Waals surface area contributed by atoms with E-state index in [1.165, 1.54) is 17.7 Å². The van der Waals surface area contributed by atoms with Crippen LogP contribution in [0.2, 0.25) is 0 Å². The Morgan fingerprint density at radius 1 is 0.775 bits per heavy atom. The summed E-state index contributed by atoms with van der Waals surface area (Å²) in [6.45, 7) is 2.34. The van der Waals surface area contributed by atoms with E-state index >= 15 is 0 Å². The van der Waals surface area contributed by atoms with Crippen LogP contribution in [0.15, 0.2) is 91.1 Å². The van der Waals surface area contributed by atoms with Gasteiger partial charge in [-0.05, 0) is 61.2 Å². The molecule has 1 atom stereocenters. The van der Waals surface area contributed by atoms with E-state index in [9.17, 15) is 14.0 Å². The second-order valence-corrected chi connectivity index (χ2v) is 10.4. The predicted molar refractivity (Wildman–Crippen MR) is 149 cm³/mol. The molecule has 3 aromatic carbocycles. The van der Waals surface area contributed by atoms with Crippen LogP contribution in [-0.2, 0) is 0 Å². The van der Waals surface area contributed by atoms with Crippen molar-refractivity contribution in [1.29, 1.82) is 0 Å². The largest absolute Gasteiger partial charge is 0.415 e. The summed E-state index contributed by atoms with van der Waals surface area (Å²) >= 11 is 0. The normalized spacial score (nSPS) is 17.7. The summed E-state index contributed by atoms with van der Waals surface area (Å²) in [7, 11) is 0. The van der Waals surface area contributed by atoms with Gasteiger partial charge in [0, 0.05) is 38.0 Å². The third-order valence-electron chi connectivity index (χ3n) is 7.94. The van der Waals surface area contributed by atoms with E-state index in [1.54, 1.807) is 40.0 Å². The van der Waals surface area contributed by atoms with Crippen molar-refractivity contribution in [2.24, 2.45) is 0 Å². The fraction of sp³-hybridized carbons (Fsp3) is 0.281. The summed E-state index contributed by atoms with van der Waals surface area (Å²) in [6.07, 6.45) is 3.50. The average Bonchev–Trinajstić information content (AvgIpc) is 3.67. The molecule has 3 heterocycles. The lowest BCUT2D eigenvalue weighted by molar-refractivity contribution is 0.0787. The minimum Gasteiger partial charge on any atom is -0.410 e. The second kappa shape index (κ2) is 11.3. The zero-order valence-electron chi connectivity index (χ0n) is 22.2. The third kappa shape index (κ3) is 5.34. The predicted octanol–water partition coefficient (Wildman–Crippen LogP) is 6.02. The lowest BCUT2D eigenvalue weighted by Gasteiger charge is -2.32. The van der Waals surface area contributed by atoms with Crippen LogP contribution in [0.5, 0.6) is 5.75 Å². The highest BCUT2D eigenvalue weighted by atomic mass is 19.1. The fourth-order valence-corrected chi connectivity index (χ4v) is 5.81. The van der Waals surface area contributed by atoms with Crippen LogP contribution >= 0.6 is 0 Å². The Labute approximate surface area is 232 Å². The fourth-order valence-electron chi connectivity index (χ4n) is 5.81. The van der Waals surface area contributed by atoms with Crippen LogP contribution in [0.3, 0.4) is 0 Å². The number of hydrogen-bond acceptors (Lipinski definition) is 4. The van der Waals surface area contributed by atoms with Gasteiger partial charge in [0.05, 0.1) is 23.1 Å². The van der Waals surface area contributed by atoms with Gasteiger partial charge in [0.1, 0.15) is 11.6 Å². The lowest BCUT2D eigenvalue weighted by Crippen LogP contribution is -2.40. The number of likely N-dealkylation sites (tertiary alicyclic amines) is 2. The third-order valence-corrected chi connectivity index (χ3v) is 7.94. The van der Waals surface area contributed by atoms with Gasteiger partial charge in [-0.2, -0.15) is 5.10 Å². The van der Waals surface area contributed by atoms with Gasteiger partial charge in [0.15, 0.2) is 0 Å². The summed E-state index contributed by atoms with van der Waals surface area (Å²) < 4.78 is 21.0. The van der Waals surface area contributed by atoms with Gasteiger partial charge >= 0.3 is 6.09 Å². The maximum absolute atomic E-state index is 13.9.